The van der Waals surface area contributed by atoms with Gasteiger partial charge < -0.3 is 53.6 Å². The molecule has 0 unspecified atom stereocenters. The van der Waals surface area contributed by atoms with Crippen LogP contribution < -0.4 is 33.2 Å². The molecule has 0 heterocycles. The van der Waals surface area contributed by atoms with Crippen LogP contribution >= 0.6 is 0 Å². The zero-order valence-electron chi connectivity index (χ0n) is 18.8. The number of aliphatic carboxylic acids is 4. The van der Waals surface area contributed by atoms with Crippen LogP contribution in [0.2, 0.25) is 0 Å². The molecule has 33 heavy (non-hydrogen) atoms. The van der Waals surface area contributed by atoms with Gasteiger partial charge in [0.1, 0.15) is 18.1 Å². The number of rotatable bonds is 14. The van der Waals surface area contributed by atoms with E-state index >= 15 is 0 Å². The third-order valence-electron chi connectivity index (χ3n) is 3.67. The predicted octanol–water partition coefficient (Wildman–Crippen LogP) is -3.62. The van der Waals surface area contributed by atoms with E-state index in [4.69, 9.17) is 37.6 Å². The highest BCUT2D eigenvalue weighted by molar-refractivity contribution is 5.83. The maximum absolute atomic E-state index is 10.5. The molecule has 192 valence electrons. The number of carbonyl (C=O) groups is 5. The number of hydrogen-bond acceptors (Lipinski definition) is 9. The number of hydrogen-bond donors (Lipinski definition) is 10. The van der Waals surface area contributed by atoms with Crippen LogP contribution in [-0.4, -0.2) is 102 Å². The summed E-state index contributed by atoms with van der Waals surface area (Å²) in [7, 11) is 4.48. The molecule has 0 radical (unpaired) electrons. The summed E-state index contributed by atoms with van der Waals surface area (Å²) in [5.41, 5.74) is 15.0. The Bertz CT molecular complexity index is 621. The molecule has 0 aliphatic heterocycles. The average molecular weight is 482 g/mol. The second-order valence-corrected chi connectivity index (χ2v) is 6.26. The van der Waals surface area contributed by atoms with Gasteiger partial charge in [-0.15, -0.1) is 0 Å². The lowest BCUT2D eigenvalue weighted by molar-refractivity contribution is -0.145. The van der Waals surface area contributed by atoms with Gasteiger partial charge in [0.15, 0.2) is 5.96 Å². The van der Waals surface area contributed by atoms with E-state index in [1.807, 2.05) is 0 Å². The summed E-state index contributed by atoms with van der Waals surface area (Å²) in [6, 6.07) is -2.37. The predicted molar refractivity (Wildman–Crippen MR) is 117 cm³/mol. The van der Waals surface area contributed by atoms with Crippen LogP contribution in [0, 0.1) is 0 Å². The lowest BCUT2D eigenvalue weighted by Crippen LogP contribution is -2.37. The monoisotopic (exact) mass is 481 g/mol. The summed E-state index contributed by atoms with van der Waals surface area (Å²) in [5.74, 6) is -4.78. The van der Waals surface area contributed by atoms with Gasteiger partial charge in [0.05, 0.1) is 12.8 Å². The Kier molecular flexibility index (Phi) is 21.1. The molecule has 0 saturated heterocycles. The van der Waals surface area contributed by atoms with E-state index in [1.54, 1.807) is 7.05 Å². The van der Waals surface area contributed by atoms with Crippen molar-refractivity contribution in [3.05, 3.63) is 0 Å². The summed E-state index contributed by atoms with van der Waals surface area (Å²) < 4.78 is 0. The number of nitrogens with two attached hydrogens (primary N) is 3. The first-order valence-electron chi connectivity index (χ1n) is 9.48. The molecule has 0 aromatic heterocycles. The van der Waals surface area contributed by atoms with Crippen LogP contribution in [-0.2, 0) is 24.0 Å². The van der Waals surface area contributed by atoms with Crippen LogP contribution in [0.5, 0.6) is 0 Å². The zero-order valence-corrected chi connectivity index (χ0v) is 18.8. The molecule has 0 aliphatic carbocycles. The van der Waals surface area contributed by atoms with Crippen molar-refractivity contribution in [2.75, 3.05) is 27.7 Å². The normalized spacial score (nSPS) is 12.3. The van der Waals surface area contributed by atoms with Crippen LogP contribution in [0.15, 0.2) is 4.99 Å². The first-order chi connectivity index (χ1) is 15.2. The molecule has 16 nitrogen and oxygen atoms in total. The topological polar surface area (TPSA) is 293 Å². The number of guanidine groups is 1. The first-order valence-corrected chi connectivity index (χ1v) is 9.48. The quantitative estimate of drug-likeness (QED) is 0.0650. The number of amides is 1. The molecule has 0 rings (SSSR count). The molecule has 1 amide bonds. The van der Waals surface area contributed by atoms with Crippen molar-refractivity contribution in [2.45, 2.75) is 43.8 Å². The summed E-state index contributed by atoms with van der Waals surface area (Å²) in [6.07, 6.45) is 0.593. The summed E-state index contributed by atoms with van der Waals surface area (Å²) >= 11 is 0. The van der Waals surface area contributed by atoms with Crippen LogP contribution in [0.1, 0.15) is 25.7 Å². The number of carboxylic acid groups (broad SMARTS) is 4. The lowest BCUT2D eigenvalue weighted by atomic mass is 10.1. The van der Waals surface area contributed by atoms with Crippen molar-refractivity contribution >= 4 is 35.7 Å². The minimum absolute atomic E-state index is 0.0383. The van der Waals surface area contributed by atoms with Crippen LogP contribution in [0.25, 0.3) is 0 Å². The van der Waals surface area contributed by atoms with Gasteiger partial charge in [-0.3, -0.25) is 29.0 Å². The molecule has 0 spiro atoms. The van der Waals surface area contributed by atoms with E-state index in [0.29, 0.717) is 19.4 Å². The number of aliphatic imine (C=N–C) groups is 1. The Morgan fingerprint density at radius 1 is 0.727 bits per heavy atom. The fraction of sp³-hybridized carbons (Fsp3) is 0.647. The largest absolute Gasteiger partial charge is 0.481 e. The van der Waals surface area contributed by atoms with E-state index in [0.717, 1.165) is 0 Å². The SMILES string of the molecule is CN[C@@H](CC(=O)O)C(=O)O.CN[C@@H](CC(N)=O)C(=O)O.CN[C@@H](CCCN=C(N)N)C(=O)O. The van der Waals surface area contributed by atoms with E-state index in [-0.39, 0.29) is 12.4 Å². The van der Waals surface area contributed by atoms with Crippen LogP contribution in [0.4, 0.5) is 0 Å². The number of primary amides is 1. The molecule has 0 aromatic rings. The lowest BCUT2D eigenvalue weighted by Gasteiger charge is -2.09. The van der Waals surface area contributed by atoms with Crippen molar-refractivity contribution in [1.82, 2.24) is 16.0 Å². The third-order valence-corrected chi connectivity index (χ3v) is 3.67. The highest BCUT2D eigenvalue weighted by atomic mass is 16.4. The molecular formula is C17H35N7O9. The van der Waals surface area contributed by atoms with Crippen molar-refractivity contribution < 1.29 is 44.4 Å². The van der Waals surface area contributed by atoms with Crippen molar-refractivity contribution in [3.8, 4) is 0 Å². The van der Waals surface area contributed by atoms with Crippen LogP contribution in [0.3, 0.4) is 0 Å². The molecule has 0 aliphatic rings. The number of carboxylic acids is 4. The Balaban J connectivity index is -0.000000415. The first kappa shape index (κ1) is 34.1. The standard InChI is InChI=1S/C7H16N4O2.C5H10N2O3.C5H9NO4/c1-10-5(6(12)13)3-2-4-11-7(8)9;1-7-3(5(9)10)2-4(6)8;1-6-3(5(9)10)2-4(7)8/h5,10H,2-4H2,1H3,(H,12,13)(H4,8,9,11);3,7H,2H2,1H3,(H2,6,8)(H,9,10);3,6H,2H2,1H3,(H,7,8)(H,9,10)/t5-;2*3-/m000/s1. The van der Waals surface area contributed by atoms with Gasteiger partial charge in [-0.25, -0.2) is 0 Å². The minimum Gasteiger partial charge on any atom is -0.481 e. The molecular weight excluding hydrogens is 446 g/mol. The van der Waals surface area contributed by atoms with E-state index in [1.165, 1.54) is 14.1 Å². The Morgan fingerprint density at radius 3 is 1.33 bits per heavy atom. The van der Waals surface area contributed by atoms with Gasteiger partial charge in [0.25, 0.3) is 0 Å². The van der Waals surface area contributed by atoms with Gasteiger partial charge in [-0.1, -0.05) is 0 Å². The third kappa shape index (κ3) is 23.0. The molecule has 16 heteroatoms. The maximum atomic E-state index is 10.5. The van der Waals surface area contributed by atoms with E-state index in [2.05, 4.69) is 20.9 Å². The number of nitrogens with zero attached hydrogens (tertiary/aromatic N) is 1. The Morgan fingerprint density at radius 2 is 1.12 bits per heavy atom. The number of likely N-dealkylation sites (N-methyl/N-ethyl adjacent to an activating group) is 3. The van der Waals surface area contributed by atoms with Gasteiger partial charge in [0.2, 0.25) is 5.91 Å². The van der Waals surface area contributed by atoms with Gasteiger partial charge in [-0.2, -0.15) is 0 Å². The Labute approximate surface area is 190 Å². The van der Waals surface area contributed by atoms with Crippen molar-refractivity contribution in [1.29, 1.82) is 0 Å². The van der Waals surface area contributed by atoms with Crippen molar-refractivity contribution in [2.24, 2.45) is 22.2 Å². The van der Waals surface area contributed by atoms with E-state index in [9.17, 15) is 24.0 Å². The highest BCUT2D eigenvalue weighted by Gasteiger charge is 2.18. The average Bonchev–Trinajstić information content (AvgIpc) is 2.70. The number of carbonyl (C=O) groups excluding carboxylic acids is 1. The van der Waals surface area contributed by atoms with Gasteiger partial charge >= 0.3 is 23.9 Å². The second kappa shape index (κ2) is 20.4. The zero-order chi connectivity index (χ0) is 26.6. The van der Waals surface area contributed by atoms with Gasteiger partial charge in [0, 0.05) is 6.54 Å². The summed E-state index contributed by atoms with van der Waals surface area (Å²) in [5, 5.41) is 40.9. The smallest absolute Gasteiger partial charge is 0.321 e. The summed E-state index contributed by atoms with van der Waals surface area (Å²) in [6.45, 7) is 0.466. The van der Waals surface area contributed by atoms with Crippen molar-refractivity contribution in [3.63, 3.8) is 0 Å². The molecule has 3 atom stereocenters. The molecule has 13 N–H and O–H groups in total. The van der Waals surface area contributed by atoms with E-state index < -0.39 is 54.3 Å². The summed E-state index contributed by atoms with van der Waals surface area (Å²) in [4.78, 5) is 54.8. The van der Waals surface area contributed by atoms with Gasteiger partial charge in [-0.05, 0) is 34.0 Å². The fourth-order valence-corrected chi connectivity index (χ4v) is 1.90. The Hall–Kier alpha value is -3.50. The molecule has 0 aromatic carbocycles. The fourth-order valence-electron chi connectivity index (χ4n) is 1.90. The molecule has 0 saturated carbocycles. The molecule has 0 bridgehead atoms. The second-order valence-electron chi connectivity index (χ2n) is 6.26. The number of nitrogens with one attached hydrogen (secondary N) is 3. The maximum Gasteiger partial charge on any atom is 0.321 e. The minimum atomic E-state index is -1.15. The molecule has 0 fully saturated rings. The highest BCUT2D eigenvalue weighted by Crippen LogP contribution is 1.97.